The van der Waals surface area contributed by atoms with E-state index in [1.54, 1.807) is 36.4 Å². The van der Waals surface area contributed by atoms with Gasteiger partial charge in [0.05, 0.1) is 18.8 Å². The number of ether oxygens (including phenoxy) is 1. The number of pyridine rings is 1. The normalized spacial score (nSPS) is 12.5. The van der Waals surface area contributed by atoms with Gasteiger partial charge in [0.2, 0.25) is 11.7 Å². The molecule has 1 atom stereocenters. The summed E-state index contributed by atoms with van der Waals surface area (Å²) >= 11 is 3.38. The Morgan fingerprint density at radius 2 is 1.60 bits per heavy atom. The lowest BCUT2D eigenvalue weighted by molar-refractivity contribution is -0.137. The average molecular weight is 628 g/mol. The van der Waals surface area contributed by atoms with E-state index in [9.17, 15) is 24.3 Å². The molecule has 4 aromatic rings. The molecule has 42 heavy (non-hydrogen) atoms. The number of amides is 2. The summed E-state index contributed by atoms with van der Waals surface area (Å²) in [5, 5.41) is 12.3. The maximum absolute atomic E-state index is 14.1. The van der Waals surface area contributed by atoms with E-state index in [0.29, 0.717) is 4.47 Å². The van der Waals surface area contributed by atoms with Gasteiger partial charge in [-0.15, -0.1) is 0 Å². The van der Waals surface area contributed by atoms with Crippen LogP contribution in [0.2, 0.25) is 0 Å². The Morgan fingerprint density at radius 1 is 0.952 bits per heavy atom. The van der Waals surface area contributed by atoms with Gasteiger partial charge in [0.1, 0.15) is 11.7 Å². The van der Waals surface area contributed by atoms with Crippen molar-refractivity contribution in [2.45, 2.75) is 24.9 Å². The monoisotopic (exact) mass is 627 g/mol. The molecule has 10 heteroatoms. The van der Waals surface area contributed by atoms with Crippen LogP contribution in [0.15, 0.2) is 95.6 Å². The minimum Gasteiger partial charge on any atom is -0.481 e. The second-order valence-electron chi connectivity index (χ2n) is 9.63. The van der Waals surface area contributed by atoms with Gasteiger partial charge in [-0.2, -0.15) is 0 Å². The fourth-order valence-corrected chi connectivity index (χ4v) is 5.63. The predicted molar refractivity (Wildman–Crippen MR) is 159 cm³/mol. The number of carbonyl (C=O) groups is 4. The van der Waals surface area contributed by atoms with Crippen LogP contribution in [0.3, 0.4) is 0 Å². The molecule has 0 spiro atoms. The summed E-state index contributed by atoms with van der Waals surface area (Å²) in [5.41, 5.74) is 3.93. The van der Waals surface area contributed by atoms with Crippen LogP contribution in [0, 0.1) is 0 Å². The van der Waals surface area contributed by atoms with E-state index in [0.717, 1.165) is 22.3 Å². The van der Waals surface area contributed by atoms with Gasteiger partial charge >= 0.3 is 12.1 Å². The van der Waals surface area contributed by atoms with Gasteiger partial charge in [-0.1, -0.05) is 70.5 Å². The molecule has 9 nitrogen and oxygen atoms in total. The second-order valence-corrected chi connectivity index (χ2v) is 10.5. The second kappa shape index (κ2) is 12.4. The first kappa shape index (κ1) is 28.7. The molecule has 1 aliphatic carbocycles. The summed E-state index contributed by atoms with van der Waals surface area (Å²) < 4.78 is 5.78. The van der Waals surface area contributed by atoms with Gasteiger partial charge in [-0.05, 0) is 59.0 Å². The number of halogens is 1. The predicted octanol–water partition coefficient (Wildman–Crippen LogP) is 6.09. The zero-order valence-electron chi connectivity index (χ0n) is 22.5. The van der Waals surface area contributed by atoms with Crippen molar-refractivity contribution in [3.63, 3.8) is 0 Å². The van der Waals surface area contributed by atoms with Crippen molar-refractivity contribution in [3.8, 4) is 11.1 Å². The summed E-state index contributed by atoms with van der Waals surface area (Å²) in [5.74, 6) is -2.21. The number of aliphatic carboxylic acids is 1. The van der Waals surface area contributed by atoms with Crippen LogP contribution in [0.5, 0.6) is 0 Å². The Bertz CT molecular complexity index is 1630. The van der Waals surface area contributed by atoms with Crippen molar-refractivity contribution in [1.82, 2.24) is 9.88 Å². The highest BCUT2D eigenvalue weighted by Gasteiger charge is 2.42. The van der Waals surface area contributed by atoms with Crippen molar-refractivity contribution >= 4 is 45.4 Å². The molecular formula is C32H26BrN3O6. The SMILES string of the molecule is COC(=O)N(C1c2ccccc2-c2ccccc21)[C@@H](CCC(=O)O)C(=O)Nc1ccc(Br)cc1C(=O)c1ccccn1. The first-order valence-electron chi connectivity index (χ1n) is 13.1. The molecule has 2 N–H and O–H groups in total. The van der Waals surface area contributed by atoms with Gasteiger partial charge in [-0.3, -0.25) is 24.3 Å². The quantitative estimate of drug-likeness (QED) is 0.215. The smallest absolute Gasteiger partial charge is 0.410 e. The first-order valence-corrected chi connectivity index (χ1v) is 13.9. The van der Waals surface area contributed by atoms with E-state index in [1.165, 1.54) is 18.2 Å². The molecule has 0 aliphatic heterocycles. The van der Waals surface area contributed by atoms with Crippen molar-refractivity contribution in [2.24, 2.45) is 0 Å². The number of aromatic nitrogens is 1. The zero-order chi connectivity index (χ0) is 29.8. The molecule has 0 saturated heterocycles. The number of carbonyl (C=O) groups excluding carboxylic acids is 3. The van der Waals surface area contributed by atoms with Gasteiger partial charge in [0, 0.05) is 22.7 Å². The van der Waals surface area contributed by atoms with E-state index in [1.807, 2.05) is 48.5 Å². The lowest BCUT2D eigenvalue weighted by Gasteiger charge is -2.35. The van der Waals surface area contributed by atoms with E-state index in [4.69, 9.17) is 4.74 Å². The Labute approximate surface area is 250 Å². The number of rotatable bonds is 9. The largest absolute Gasteiger partial charge is 0.481 e. The minimum atomic E-state index is -1.26. The minimum absolute atomic E-state index is 0.176. The summed E-state index contributed by atoms with van der Waals surface area (Å²) in [4.78, 5) is 58.0. The maximum atomic E-state index is 14.1. The highest BCUT2D eigenvalue weighted by molar-refractivity contribution is 9.10. The number of methoxy groups -OCH3 is 1. The molecule has 0 radical (unpaired) electrons. The van der Waals surface area contributed by atoms with Crippen molar-refractivity contribution in [2.75, 3.05) is 12.4 Å². The molecule has 0 saturated carbocycles. The van der Waals surface area contributed by atoms with E-state index in [2.05, 4.69) is 26.2 Å². The Morgan fingerprint density at radius 3 is 2.19 bits per heavy atom. The van der Waals surface area contributed by atoms with Crippen molar-refractivity contribution in [3.05, 3.63) is 118 Å². The number of fused-ring (bicyclic) bond motifs is 3. The molecule has 2 amide bonds. The number of ketones is 1. The van der Waals surface area contributed by atoms with Gasteiger partial charge in [-0.25, -0.2) is 4.79 Å². The molecule has 5 rings (SSSR count). The molecule has 1 aliphatic rings. The fraction of sp³-hybridized carbons (Fsp3) is 0.156. The summed E-state index contributed by atoms with van der Waals surface area (Å²) in [6.45, 7) is 0. The van der Waals surface area contributed by atoms with Crippen molar-refractivity contribution < 1.29 is 29.0 Å². The topological polar surface area (TPSA) is 126 Å². The van der Waals surface area contributed by atoms with Crippen LogP contribution in [0.1, 0.15) is 46.1 Å². The summed E-state index contributed by atoms with van der Waals surface area (Å²) in [6.07, 6.45) is 0.119. The Hall–Kier alpha value is -4.83. The summed E-state index contributed by atoms with van der Waals surface area (Å²) in [6, 6.07) is 22.9. The van der Waals surface area contributed by atoms with Crippen LogP contribution in [-0.2, 0) is 14.3 Å². The van der Waals surface area contributed by atoms with Gasteiger partial charge < -0.3 is 15.2 Å². The molecule has 1 aromatic heterocycles. The van der Waals surface area contributed by atoms with Crippen LogP contribution in [0.4, 0.5) is 10.5 Å². The highest BCUT2D eigenvalue weighted by atomic mass is 79.9. The number of carboxylic acids is 1. The third kappa shape index (κ3) is 5.66. The van der Waals surface area contributed by atoms with Crippen molar-refractivity contribution in [1.29, 1.82) is 0 Å². The standard InChI is InChI=1S/C32H26BrN3O6/c1-42-32(41)36(29-22-10-4-2-8-20(22)21-9-3-5-11-23(21)29)27(15-16-28(37)38)31(40)35-25-14-13-19(33)18-24(25)30(39)26-12-6-7-17-34-26/h2-14,17-18,27,29H,15-16H2,1H3,(H,35,40)(H,37,38)/t27-/m0/s1. The molecule has 3 aromatic carbocycles. The Kier molecular flexibility index (Phi) is 8.44. The number of hydrogen-bond acceptors (Lipinski definition) is 6. The lowest BCUT2D eigenvalue weighted by Crippen LogP contribution is -2.49. The third-order valence-electron chi connectivity index (χ3n) is 7.12. The van der Waals surface area contributed by atoms with E-state index < -0.39 is 35.8 Å². The molecule has 1 heterocycles. The molecule has 0 fully saturated rings. The van der Waals surface area contributed by atoms with Crippen LogP contribution >= 0.6 is 15.9 Å². The third-order valence-corrected chi connectivity index (χ3v) is 7.61. The van der Waals surface area contributed by atoms with E-state index in [-0.39, 0.29) is 29.8 Å². The fourth-order valence-electron chi connectivity index (χ4n) is 5.27. The lowest BCUT2D eigenvalue weighted by atomic mass is 9.99. The Balaban J connectivity index is 1.58. The first-order chi connectivity index (χ1) is 20.3. The van der Waals surface area contributed by atoms with Crippen LogP contribution in [-0.4, -0.2) is 51.9 Å². The number of nitrogens with one attached hydrogen (secondary N) is 1. The number of anilines is 1. The molecule has 212 valence electrons. The molecule has 0 unspecified atom stereocenters. The van der Waals surface area contributed by atoms with E-state index >= 15 is 0 Å². The highest BCUT2D eigenvalue weighted by Crippen LogP contribution is 2.47. The number of benzene rings is 3. The number of carboxylic acid groups (broad SMARTS) is 1. The average Bonchev–Trinajstić information content (AvgIpc) is 3.33. The van der Waals surface area contributed by atoms with Gasteiger partial charge in [0.25, 0.3) is 0 Å². The maximum Gasteiger partial charge on any atom is 0.410 e. The number of hydrogen-bond donors (Lipinski definition) is 2. The van der Waals surface area contributed by atoms with Crippen LogP contribution < -0.4 is 5.32 Å². The number of nitrogens with zero attached hydrogens (tertiary/aromatic N) is 2. The molecule has 0 bridgehead atoms. The van der Waals surface area contributed by atoms with Gasteiger partial charge in [0.15, 0.2) is 0 Å². The van der Waals surface area contributed by atoms with Crippen LogP contribution in [0.25, 0.3) is 11.1 Å². The zero-order valence-corrected chi connectivity index (χ0v) is 24.1. The molecular weight excluding hydrogens is 602 g/mol. The summed E-state index contributed by atoms with van der Waals surface area (Å²) in [7, 11) is 1.21.